The molecular weight excluding hydrogens is 336 g/mol. The largest absolute Gasteiger partial charge is 0.485 e. The topological polar surface area (TPSA) is 72.3 Å². The number of halogens is 1. The van der Waals surface area contributed by atoms with Gasteiger partial charge in [0.2, 0.25) is 0 Å². The minimum absolute atomic E-state index is 0.219. The predicted molar refractivity (Wildman–Crippen MR) is 81.9 cm³/mol. The van der Waals surface area contributed by atoms with Crippen LogP contribution in [0.3, 0.4) is 0 Å². The minimum Gasteiger partial charge on any atom is -0.485 e. The molecule has 1 N–H and O–H groups in total. The van der Waals surface area contributed by atoms with Gasteiger partial charge < -0.3 is 9.84 Å². The maximum absolute atomic E-state index is 10.7. The van der Waals surface area contributed by atoms with Gasteiger partial charge in [-0.2, -0.15) is 0 Å². The van der Waals surface area contributed by atoms with Gasteiger partial charge in [-0.3, -0.25) is 0 Å². The van der Waals surface area contributed by atoms with Crippen molar-refractivity contribution in [2.75, 3.05) is 0 Å². The number of carboxylic acid groups (broad SMARTS) is 1. The Morgan fingerprint density at radius 3 is 2.76 bits per heavy atom. The number of ether oxygens (including phenoxy) is 1. The number of benzene rings is 1. The van der Waals surface area contributed by atoms with E-state index in [0.29, 0.717) is 17.1 Å². The summed E-state index contributed by atoms with van der Waals surface area (Å²) >= 11 is 3.39. The van der Waals surface area contributed by atoms with E-state index in [4.69, 9.17) is 9.84 Å². The van der Waals surface area contributed by atoms with Gasteiger partial charge in [-0.15, -0.1) is 0 Å². The minimum atomic E-state index is -1.01. The van der Waals surface area contributed by atoms with Crippen LogP contribution in [0.5, 0.6) is 5.75 Å². The standard InChI is InChI=1S/C15H13BrN2O3/c1-10-7-12(16)8-11(3-4-14(19)20)15(10)21-9-13-17-5-2-6-18-13/h2-8H,9H2,1H3,(H,19,20)/b4-3+. The lowest BCUT2D eigenvalue weighted by Gasteiger charge is -2.12. The maximum Gasteiger partial charge on any atom is 0.328 e. The molecule has 0 aliphatic rings. The number of hydrogen-bond acceptors (Lipinski definition) is 4. The first-order valence-corrected chi connectivity index (χ1v) is 6.95. The summed E-state index contributed by atoms with van der Waals surface area (Å²) in [5, 5.41) is 8.75. The van der Waals surface area contributed by atoms with E-state index in [-0.39, 0.29) is 6.61 Å². The molecule has 0 aliphatic heterocycles. The molecule has 108 valence electrons. The SMILES string of the molecule is Cc1cc(Br)cc(/C=C/C(=O)O)c1OCc1ncccn1. The van der Waals surface area contributed by atoms with Crippen LogP contribution in [0.1, 0.15) is 17.0 Å². The Bertz CT molecular complexity index is 672. The van der Waals surface area contributed by atoms with Crippen LogP contribution < -0.4 is 4.74 Å². The Labute approximate surface area is 130 Å². The number of carbonyl (C=O) groups is 1. The Kier molecular flexibility index (Phi) is 5.05. The normalized spacial score (nSPS) is 10.8. The van der Waals surface area contributed by atoms with E-state index in [1.807, 2.05) is 13.0 Å². The van der Waals surface area contributed by atoms with Crippen molar-refractivity contribution in [3.8, 4) is 5.75 Å². The van der Waals surface area contributed by atoms with Crippen molar-refractivity contribution in [3.05, 3.63) is 58.1 Å². The molecule has 0 spiro atoms. The van der Waals surface area contributed by atoms with Gasteiger partial charge in [-0.05, 0) is 36.8 Å². The molecule has 0 fully saturated rings. The molecule has 1 aromatic heterocycles. The lowest BCUT2D eigenvalue weighted by Crippen LogP contribution is -2.03. The van der Waals surface area contributed by atoms with Crippen LogP contribution in [-0.4, -0.2) is 21.0 Å². The molecule has 0 saturated heterocycles. The molecule has 0 aliphatic carbocycles. The quantitative estimate of drug-likeness (QED) is 0.839. The van der Waals surface area contributed by atoms with Gasteiger partial charge >= 0.3 is 5.97 Å². The molecular formula is C15H13BrN2O3. The van der Waals surface area contributed by atoms with Crippen LogP contribution in [-0.2, 0) is 11.4 Å². The van der Waals surface area contributed by atoms with Crippen molar-refractivity contribution in [2.24, 2.45) is 0 Å². The van der Waals surface area contributed by atoms with Crippen LogP contribution in [0.2, 0.25) is 0 Å². The Morgan fingerprint density at radius 2 is 2.10 bits per heavy atom. The fourth-order valence-corrected chi connectivity index (χ4v) is 2.37. The van der Waals surface area contributed by atoms with Crippen molar-refractivity contribution in [3.63, 3.8) is 0 Å². The summed E-state index contributed by atoms with van der Waals surface area (Å²) in [6.45, 7) is 2.11. The third-order valence-electron chi connectivity index (χ3n) is 2.64. The fourth-order valence-electron chi connectivity index (χ4n) is 1.78. The summed E-state index contributed by atoms with van der Waals surface area (Å²) in [4.78, 5) is 18.8. The van der Waals surface area contributed by atoms with Gasteiger partial charge in [0.15, 0.2) is 5.82 Å². The lowest BCUT2D eigenvalue weighted by molar-refractivity contribution is -0.131. The number of hydrogen-bond donors (Lipinski definition) is 1. The first-order chi connectivity index (χ1) is 10.1. The fraction of sp³-hybridized carbons (Fsp3) is 0.133. The molecule has 0 unspecified atom stereocenters. The molecule has 0 atom stereocenters. The third-order valence-corrected chi connectivity index (χ3v) is 3.10. The van der Waals surface area contributed by atoms with Crippen molar-refractivity contribution in [1.82, 2.24) is 9.97 Å². The van der Waals surface area contributed by atoms with E-state index in [1.165, 1.54) is 6.08 Å². The van der Waals surface area contributed by atoms with E-state index in [9.17, 15) is 4.79 Å². The number of rotatable bonds is 5. The zero-order valence-corrected chi connectivity index (χ0v) is 12.9. The zero-order valence-electron chi connectivity index (χ0n) is 11.3. The van der Waals surface area contributed by atoms with Gasteiger partial charge in [0, 0.05) is 28.5 Å². The molecule has 0 saturated carbocycles. The number of aryl methyl sites for hydroxylation is 1. The Balaban J connectivity index is 2.26. The molecule has 0 bridgehead atoms. The predicted octanol–water partition coefficient (Wildman–Crippen LogP) is 3.22. The highest BCUT2D eigenvalue weighted by molar-refractivity contribution is 9.10. The number of carboxylic acids is 1. The van der Waals surface area contributed by atoms with Gasteiger partial charge in [0.05, 0.1) is 0 Å². The highest BCUT2D eigenvalue weighted by Gasteiger charge is 2.08. The first kappa shape index (κ1) is 15.2. The van der Waals surface area contributed by atoms with Crippen LogP contribution >= 0.6 is 15.9 Å². The van der Waals surface area contributed by atoms with Gasteiger partial charge in [-0.25, -0.2) is 14.8 Å². The van der Waals surface area contributed by atoms with Crippen LogP contribution in [0.4, 0.5) is 0 Å². The summed E-state index contributed by atoms with van der Waals surface area (Å²) < 4.78 is 6.61. The summed E-state index contributed by atoms with van der Waals surface area (Å²) in [7, 11) is 0. The average molecular weight is 349 g/mol. The summed E-state index contributed by atoms with van der Waals surface area (Å²) in [6, 6.07) is 5.43. The molecule has 0 radical (unpaired) electrons. The van der Waals surface area contributed by atoms with Gasteiger partial charge in [0.25, 0.3) is 0 Å². The highest BCUT2D eigenvalue weighted by Crippen LogP contribution is 2.29. The van der Waals surface area contributed by atoms with Crippen molar-refractivity contribution >= 4 is 28.0 Å². The van der Waals surface area contributed by atoms with Crippen LogP contribution in [0.15, 0.2) is 41.1 Å². The summed E-state index contributed by atoms with van der Waals surface area (Å²) in [5.74, 6) is 0.168. The van der Waals surface area contributed by atoms with E-state index < -0.39 is 5.97 Å². The smallest absolute Gasteiger partial charge is 0.328 e. The summed E-state index contributed by atoms with van der Waals surface area (Å²) in [5.41, 5.74) is 1.57. The molecule has 5 nitrogen and oxygen atoms in total. The zero-order chi connectivity index (χ0) is 15.2. The van der Waals surface area contributed by atoms with Gasteiger partial charge in [0.1, 0.15) is 12.4 Å². The molecule has 6 heteroatoms. The van der Waals surface area contributed by atoms with E-state index >= 15 is 0 Å². The highest BCUT2D eigenvalue weighted by atomic mass is 79.9. The lowest BCUT2D eigenvalue weighted by atomic mass is 10.1. The van der Waals surface area contributed by atoms with E-state index in [2.05, 4.69) is 25.9 Å². The number of nitrogens with zero attached hydrogens (tertiary/aromatic N) is 2. The second kappa shape index (κ2) is 6.99. The van der Waals surface area contributed by atoms with Crippen LogP contribution in [0.25, 0.3) is 6.08 Å². The van der Waals surface area contributed by atoms with Crippen LogP contribution in [0, 0.1) is 6.92 Å². The molecule has 1 aromatic carbocycles. The first-order valence-electron chi connectivity index (χ1n) is 6.16. The number of aliphatic carboxylic acids is 1. The second-order valence-corrected chi connectivity index (χ2v) is 5.18. The van der Waals surface area contributed by atoms with Crippen molar-refractivity contribution in [1.29, 1.82) is 0 Å². The Morgan fingerprint density at radius 1 is 1.38 bits per heavy atom. The van der Waals surface area contributed by atoms with Crippen molar-refractivity contribution in [2.45, 2.75) is 13.5 Å². The molecule has 2 aromatic rings. The van der Waals surface area contributed by atoms with Gasteiger partial charge in [-0.1, -0.05) is 15.9 Å². The van der Waals surface area contributed by atoms with E-state index in [0.717, 1.165) is 16.1 Å². The molecule has 2 rings (SSSR count). The van der Waals surface area contributed by atoms with Crippen molar-refractivity contribution < 1.29 is 14.6 Å². The monoisotopic (exact) mass is 348 g/mol. The molecule has 1 heterocycles. The number of aromatic nitrogens is 2. The average Bonchev–Trinajstić information content (AvgIpc) is 2.45. The van der Waals surface area contributed by atoms with E-state index in [1.54, 1.807) is 24.5 Å². The maximum atomic E-state index is 10.7. The molecule has 21 heavy (non-hydrogen) atoms. The Hall–Kier alpha value is -2.21. The second-order valence-electron chi connectivity index (χ2n) is 4.27. The molecule has 0 amide bonds. The third kappa shape index (κ3) is 4.39. The summed E-state index contributed by atoms with van der Waals surface area (Å²) in [6.07, 6.45) is 5.87.